The molecule has 0 aromatic heterocycles. The van der Waals surface area contributed by atoms with Gasteiger partial charge in [-0.3, -0.25) is 0 Å². The van der Waals surface area contributed by atoms with Crippen molar-refractivity contribution < 1.29 is 44.3 Å². The number of fused-ring (bicyclic) bond motifs is 3. The molecule has 9 nitrogen and oxygen atoms in total. The van der Waals surface area contributed by atoms with E-state index < -0.39 is 53.6 Å². The molecular weight excluding hydrogens is 537 g/mol. The summed E-state index contributed by atoms with van der Waals surface area (Å²) in [5.41, 5.74) is 5.34. The summed E-state index contributed by atoms with van der Waals surface area (Å²) in [6.07, 6.45) is -0.0976. The number of primary amides is 1. The summed E-state index contributed by atoms with van der Waals surface area (Å²) in [5.74, 6) is -0.815. The van der Waals surface area contributed by atoms with E-state index in [1.54, 1.807) is 0 Å². The topological polar surface area (TPSA) is 130 Å². The molecule has 1 aliphatic heterocycles. The van der Waals surface area contributed by atoms with Crippen molar-refractivity contribution in [1.29, 1.82) is 0 Å². The van der Waals surface area contributed by atoms with Gasteiger partial charge in [-0.2, -0.15) is 25.6 Å². The van der Waals surface area contributed by atoms with Crippen molar-refractivity contribution >= 4 is 31.8 Å². The number of hydrogen-bond donors (Lipinski definition) is 1. The average molecular weight is 558 g/mol. The van der Waals surface area contributed by atoms with E-state index in [9.17, 15) is 34.8 Å². The van der Waals surface area contributed by atoms with Crippen molar-refractivity contribution in [1.82, 2.24) is 3.29 Å². The SMILES string of the molecule is CS(=O)(=O)[N+](C(N)=O)(c1ccc2c(c1)C(c1cccc(F)c1)Oc1cccc(OC(F)F)c1-2)S(C)(=O)=O. The van der Waals surface area contributed by atoms with Crippen LogP contribution in [0.1, 0.15) is 17.2 Å². The van der Waals surface area contributed by atoms with E-state index >= 15 is 0 Å². The first kappa shape index (κ1) is 26.4. The minimum Gasteiger partial charge on any atom is -0.480 e. The van der Waals surface area contributed by atoms with Crippen LogP contribution in [-0.2, 0) is 20.0 Å². The number of ether oxygens (including phenoxy) is 2. The average Bonchev–Trinajstić information content (AvgIpc) is 2.76. The summed E-state index contributed by atoms with van der Waals surface area (Å²) < 4.78 is 99.9. The number of sulfonamides is 2. The lowest BCUT2D eigenvalue weighted by Crippen LogP contribution is -2.63. The van der Waals surface area contributed by atoms with Gasteiger partial charge in [-0.05, 0) is 44.8 Å². The van der Waals surface area contributed by atoms with Gasteiger partial charge in [0.15, 0.2) is 5.69 Å². The summed E-state index contributed by atoms with van der Waals surface area (Å²) in [7, 11) is -9.57. The molecule has 14 heteroatoms. The molecule has 1 heterocycles. The molecule has 1 aliphatic rings. The second-order valence-electron chi connectivity index (χ2n) is 8.19. The third-order valence-corrected chi connectivity index (χ3v) is 10.0. The van der Waals surface area contributed by atoms with Gasteiger partial charge in [0.1, 0.15) is 23.4 Å². The second kappa shape index (κ2) is 9.04. The number of hydrogen-bond acceptors (Lipinski definition) is 7. The summed E-state index contributed by atoms with van der Waals surface area (Å²) in [6.45, 7) is -3.19. The summed E-state index contributed by atoms with van der Waals surface area (Å²) >= 11 is 0. The third kappa shape index (κ3) is 4.30. The molecule has 0 fully saturated rings. The highest BCUT2D eigenvalue weighted by Gasteiger charge is 2.57. The Kier molecular flexibility index (Phi) is 6.46. The first-order chi connectivity index (χ1) is 17.2. The maximum absolute atomic E-state index is 14.1. The molecule has 196 valence electrons. The fourth-order valence-electron chi connectivity index (χ4n) is 4.44. The zero-order valence-electron chi connectivity index (χ0n) is 19.3. The Morgan fingerprint density at radius 1 is 1.00 bits per heavy atom. The molecule has 2 N–H and O–H groups in total. The molecule has 4 rings (SSSR count). The van der Waals surface area contributed by atoms with Crippen molar-refractivity contribution in [3.8, 4) is 22.6 Å². The normalized spacial score (nSPS) is 15.5. The molecule has 2 amide bonds. The number of carbonyl (C=O) groups excluding carboxylic acids is 1. The van der Waals surface area contributed by atoms with Crippen molar-refractivity contribution in [2.24, 2.45) is 5.73 Å². The fourth-order valence-corrected chi connectivity index (χ4v) is 8.05. The van der Waals surface area contributed by atoms with Crippen molar-refractivity contribution in [2.45, 2.75) is 12.7 Å². The van der Waals surface area contributed by atoms with E-state index in [4.69, 9.17) is 10.5 Å². The minimum absolute atomic E-state index is 0.0527. The Balaban J connectivity index is 2.10. The van der Waals surface area contributed by atoms with Crippen LogP contribution in [-0.4, -0.2) is 42.0 Å². The summed E-state index contributed by atoms with van der Waals surface area (Å²) in [5, 5.41) is 0. The van der Waals surface area contributed by atoms with Gasteiger partial charge in [0.05, 0.1) is 18.1 Å². The van der Waals surface area contributed by atoms with Crippen LogP contribution in [0.5, 0.6) is 11.5 Å². The van der Waals surface area contributed by atoms with Gasteiger partial charge < -0.3 is 15.2 Å². The Labute approximate surface area is 210 Å². The van der Waals surface area contributed by atoms with Gasteiger partial charge >= 0.3 is 32.7 Å². The van der Waals surface area contributed by atoms with E-state index in [2.05, 4.69) is 4.74 Å². The van der Waals surface area contributed by atoms with E-state index in [0.29, 0.717) is 12.5 Å². The molecular formula is C23H20F3N2O7S2+. The molecule has 0 aliphatic carbocycles. The highest BCUT2D eigenvalue weighted by atomic mass is 32.3. The number of urea groups is 1. The van der Waals surface area contributed by atoms with Crippen LogP contribution in [0, 0.1) is 5.82 Å². The van der Waals surface area contributed by atoms with Crippen LogP contribution in [0.3, 0.4) is 0 Å². The number of alkyl halides is 2. The van der Waals surface area contributed by atoms with Gasteiger partial charge in [-0.25, -0.2) is 9.18 Å². The first-order valence-corrected chi connectivity index (χ1v) is 14.1. The second-order valence-corrected chi connectivity index (χ2v) is 12.4. The summed E-state index contributed by atoms with van der Waals surface area (Å²) in [6, 6.07) is 10.9. The van der Waals surface area contributed by atoms with E-state index in [0.717, 1.165) is 18.2 Å². The third-order valence-electron chi connectivity index (χ3n) is 5.75. The number of benzene rings is 3. The molecule has 0 saturated carbocycles. The molecule has 1 unspecified atom stereocenters. The van der Waals surface area contributed by atoms with Crippen LogP contribution < -0.4 is 18.5 Å². The Morgan fingerprint density at radius 3 is 2.22 bits per heavy atom. The number of nitrogens with two attached hydrogens (primary N) is 1. The smallest absolute Gasteiger partial charge is 0.450 e. The van der Waals surface area contributed by atoms with E-state index in [1.165, 1.54) is 42.5 Å². The number of rotatable bonds is 6. The number of halogens is 3. The van der Waals surface area contributed by atoms with Gasteiger partial charge in [0.2, 0.25) is 0 Å². The standard InChI is InChI=1S/C23H19F3N2O7S2/c1-36(30,31)28(23(27)29,37(2,32)33)15-9-10-16-17(12-15)21(13-5-3-6-14(24)11-13)34-18-7-4-8-19(20(16)18)35-22(25)26/h3-12,21-22H,1-2H3,(H-,27,29)/p+1. The lowest BCUT2D eigenvalue weighted by atomic mass is 9.88. The van der Waals surface area contributed by atoms with Crippen LogP contribution in [0.4, 0.5) is 23.7 Å². The molecule has 3 aromatic rings. The van der Waals surface area contributed by atoms with Crippen molar-refractivity contribution in [3.63, 3.8) is 0 Å². The number of quaternary nitrogens is 1. The minimum atomic E-state index is -4.79. The zero-order chi connectivity index (χ0) is 27.3. The highest BCUT2D eigenvalue weighted by molar-refractivity contribution is 8.07. The van der Waals surface area contributed by atoms with Crippen LogP contribution in [0.25, 0.3) is 11.1 Å². The van der Waals surface area contributed by atoms with Gasteiger partial charge in [-0.15, -0.1) is 0 Å². The maximum Gasteiger partial charge on any atom is 0.450 e. The van der Waals surface area contributed by atoms with Gasteiger partial charge in [-0.1, -0.05) is 18.2 Å². The molecule has 3 aromatic carbocycles. The lowest BCUT2D eigenvalue weighted by molar-refractivity contribution is -0.0496. The van der Waals surface area contributed by atoms with Crippen LogP contribution in [0.15, 0.2) is 60.7 Å². The molecule has 1 atom stereocenters. The maximum atomic E-state index is 14.1. The Morgan fingerprint density at radius 2 is 1.65 bits per heavy atom. The molecule has 0 saturated heterocycles. The van der Waals surface area contributed by atoms with Gasteiger partial charge in [0.25, 0.3) is 0 Å². The van der Waals surface area contributed by atoms with E-state index in [-0.39, 0.29) is 33.8 Å². The predicted octanol–water partition coefficient (Wildman–Crippen LogP) is 3.88. The fraction of sp³-hybridized carbons (Fsp3) is 0.174. The van der Waals surface area contributed by atoms with Crippen LogP contribution in [0.2, 0.25) is 0 Å². The Bertz CT molecular complexity index is 1590. The largest absolute Gasteiger partial charge is 0.480 e. The van der Waals surface area contributed by atoms with Crippen molar-refractivity contribution in [2.75, 3.05) is 12.5 Å². The summed E-state index contributed by atoms with van der Waals surface area (Å²) in [4.78, 5) is 12.5. The predicted molar refractivity (Wildman–Crippen MR) is 128 cm³/mol. The lowest BCUT2D eigenvalue weighted by Gasteiger charge is -2.32. The van der Waals surface area contributed by atoms with Crippen LogP contribution >= 0.6 is 0 Å². The molecule has 37 heavy (non-hydrogen) atoms. The highest BCUT2D eigenvalue weighted by Crippen LogP contribution is 2.51. The zero-order valence-corrected chi connectivity index (χ0v) is 20.9. The number of carbonyl (C=O) groups is 1. The Hall–Kier alpha value is -3.62. The van der Waals surface area contributed by atoms with Crippen molar-refractivity contribution in [3.05, 3.63) is 77.6 Å². The molecule has 0 spiro atoms. The molecule has 0 radical (unpaired) electrons. The number of amides is 2. The van der Waals surface area contributed by atoms with E-state index in [1.807, 2.05) is 0 Å². The van der Waals surface area contributed by atoms with Gasteiger partial charge in [0, 0.05) is 17.7 Å². The quantitative estimate of drug-likeness (QED) is 0.455. The monoisotopic (exact) mass is 557 g/mol. The number of nitrogens with zero attached hydrogens (tertiary/aromatic N) is 1. The first-order valence-electron chi connectivity index (χ1n) is 10.4. The molecule has 0 bridgehead atoms.